The molecule has 1 aromatic carbocycles. The summed E-state index contributed by atoms with van der Waals surface area (Å²) in [7, 11) is 0. The molecule has 1 amide bonds. The van der Waals surface area contributed by atoms with E-state index in [1.807, 2.05) is 13.8 Å². The van der Waals surface area contributed by atoms with E-state index in [1.165, 1.54) is 17.5 Å². The number of hydrogen-bond acceptors (Lipinski definition) is 3. The van der Waals surface area contributed by atoms with Crippen LogP contribution in [0, 0.1) is 20.8 Å². The average Bonchev–Trinajstić information content (AvgIpc) is 2.88. The van der Waals surface area contributed by atoms with Crippen LogP contribution in [0.5, 0.6) is 0 Å². The molecule has 1 aromatic heterocycles. The zero-order chi connectivity index (χ0) is 17.1. The van der Waals surface area contributed by atoms with E-state index in [2.05, 4.69) is 51.6 Å². The highest BCUT2D eigenvalue weighted by atomic mass is 16.2. The van der Waals surface area contributed by atoms with Crippen LogP contribution in [0.3, 0.4) is 0 Å². The first-order valence-corrected chi connectivity index (χ1v) is 8.66. The highest BCUT2D eigenvalue weighted by Crippen LogP contribution is 2.30. The first kappa shape index (κ1) is 16.7. The van der Waals surface area contributed by atoms with E-state index < -0.39 is 0 Å². The van der Waals surface area contributed by atoms with E-state index in [0.717, 1.165) is 36.5 Å². The van der Waals surface area contributed by atoms with Gasteiger partial charge >= 0.3 is 0 Å². The average molecular weight is 326 g/mol. The van der Waals surface area contributed by atoms with Crippen molar-refractivity contribution in [1.29, 1.82) is 0 Å². The molecule has 3 rings (SSSR count). The number of benzene rings is 1. The monoisotopic (exact) mass is 326 g/mol. The third-order valence-corrected chi connectivity index (χ3v) is 4.82. The number of aryl methyl sites for hydroxylation is 3. The molecule has 128 valence electrons. The second-order valence-electron chi connectivity index (χ2n) is 6.75. The Labute approximate surface area is 143 Å². The van der Waals surface area contributed by atoms with Crippen LogP contribution in [0.1, 0.15) is 47.8 Å². The molecule has 24 heavy (non-hydrogen) atoms. The SMILES string of the molecule is Cc1ccc([C@@H]2CCCCN2CC(=O)Nc2c(C)n[nH]c2C)cc1. The number of nitrogens with one attached hydrogen (secondary N) is 2. The van der Waals surface area contributed by atoms with Crippen LogP contribution < -0.4 is 5.32 Å². The number of carbonyl (C=O) groups is 1. The van der Waals surface area contributed by atoms with E-state index in [4.69, 9.17) is 0 Å². The lowest BCUT2D eigenvalue weighted by molar-refractivity contribution is -0.118. The number of aromatic amines is 1. The summed E-state index contributed by atoms with van der Waals surface area (Å²) in [6.07, 6.45) is 3.48. The van der Waals surface area contributed by atoms with Crippen LogP contribution in [0.15, 0.2) is 24.3 Å². The van der Waals surface area contributed by atoms with E-state index >= 15 is 0 Å². The zero-order valence-electron chi connectivity index (χ0n) is 14.7. The molecule has 2 N–H and O–H groups in total. The van der Waals surface area contributed by atoms with Gasteiger partial charge in [0.15, 0.2) is 0 Å². The number of piperidine rings is 1. The van der Waals surface area contributed by atoms with Gasteiger partial charge in [-0.25, -0.2) is 0 Å². The quantitative estimate of drug-likeness (QED) is 0.904. The fraction of sp³-hybridized carbons (Fsp3) is 0.474. The van der Waals surface area contributed by atoms with Gasteiger partial charge in [-0.05, 0) is 45.7 Å². The summed E-state index contributed by atoms with van der Waals surface area (Å²) in [5.74, 6) is 0.0293. The molecule has 2 heterocycles. The first-order valence-electron chi connectivity index (χ1n) is 8.66. The maximum Gasteiger partial charge on any atom is 0.238 e. The smallest absolute Gasteiger partial charge is 0.238 e. The van der Waals surface area contributed by atoms with Crippen molar-refractivity contribution in [2.75, 3.05) is 18.4 Å². The highest BCUT2D eigenvalue weighted by Gasteiger charge is 2.26. The molecule has 1 fully saturated rings. The maximum atomic E-state index is 12.5. The molecule has 5 heteroatoms. The molecule has 1 atom stereocenters. The first-order chi connectivity index (χ1) is 11.5. The van der Waals surface area contributed by atoms with Crippen LogP contribution in [-0.4, -0.2) is 34.1 Å². The lowest BCUT2D eigenvalue weighted by Gasteiger charge is -2.35. The Balaban J connectivity index is 1.69. The Bertz CT molecular complexity index is 685. The molecular weight excluding hydrogens is 300 g/mol. The van der Waals surface area contributed by atoms with Gasteiger partial charge in [0.25, 0.3) is 0 Å². The standard InChI is InChI=1S/C19H26N4O/c1-13-7-9-16(10-8-13)17-6-4-5-11-23(17)12-18(24)20-19-14(2)21-22-15(19)3/h7-10,17H,4-6,11-12H2,1-3H3,(H,20,24)(H,21,22)/t17-/m0/s1. The van der Waals surface area contributed by atoms with Gasteiger partial charge in [0.1, 0.15) is 0 Å². The lowest BCUT2D eigenvalue weighted by atomic mass is 9.94. The molecule has 1 aliphatic heterocycles. The number of anilines is 1. The van der Waals surface area contributed by atoms with Gasteiger partial charge in [0.05, 0.1) is 23.6 Å². The van der Waals surface area contributed by atoms with Crippen molar-refractivity contribution in [2.45, 2.75) is 46.1 Å². The second kappa shape index (κ2) is 7.18. The molecule has 5 nitrogen and oxygen atoms in total. The molecule has 2 aromatic rings. The van der Waals surface area contributed by atoms with Crippen LogP contribution >= 0.6 is 0 Å². The predicted octanol–water partition coefficient (Wildman–Crippen LogP) is 3.50. The van der Waals surface area contributed by atoms with E-state index in [-0.39, 0.29) is 5.91 Å². The van der Waals surface area contributed by atoms with Crippen LogP contribution in [0.4, 0.5) is 5.69 Å². The van der Waals surface area contributed by atoms with E-state index in [9.17, 15) is 4.79 Å². The Morgan fingerprint density at radius 3 is 2.67 bits per heavy atom. The third-order valence-electron chi connectivity index (χ3n) is 4.82. The number of hydrogen-bond donors (Lipinski definition) is 2. The summed E-state index contributed by atoms with van der Waals surface area (Å²) in [4.78, 5) is 14.8. The molecule has 1 saturated heterocycles. The topological polar surface area (TPSA) is 61.0 Å². The number of rotatable bonds is 4. The van der Waals surface area contributed by atoms with Crippen LogP contribution in [0.2, 0.25) is 0 Å². The summed E-state index contributed by atoms with van der Waals surface area (Å²) in [5, 5.41) is 10.1. The highest BCUT2D eigenvalue weighted by molar-refractivity contribution is 5.93. The van der Waals surface area contributed by atoms with Crippen molar-refractivity contribution >= 4 is 11.6 Å². The number of likely N-dealkylation sites (tertiary alicyclic amines) is 1. The van der Waals surface area contributed by atoms with Crippen molar-refractivity contribution in [1.82, 2.24) is 15.1 Å². The van der Waals surface area contributed by atoms with Crippen LogP contribution in [-0.2, 0) is 4.79 Å². The molecule has 0 bridgehead atoms. The minimum Gasteiger partial charge on any atom is -0.322 e. The fourth-order valence-electron chi connectivity index (χ4n) is 3.44. The molecule has 0 unspecified atom stereocenters. The van der Waals surface area contributed by atoms with Gasteiger partial charge < -0.3 is 5.32 Å². The van der Waals surface area contributed by atoms with Crippen molar-refractivity contribution < 1.29 is 4.79 Å². The zero-order valence-corrected chi connectivity index (χ0v) is 14.7. The van der Waals surface area contributed by atoms with Crippen LogP contribution in [0.25, 0.3) is 0 Å². The summed E-state index contributed by atoms with van der Waals surface area (Å²) in [6, 6.07) is 9.03. The summed E-state index contributed by atoms with van der Waals surface area (Å²) >= 11 is 0. The van der Waals surface area contributed by atoms with Gasteiger partial charge in [-0.3, -0.25) is 14.8 Å². The van der Waals surface area contributed by atoms with Gasteiger partial charge in [0, 0.05) is 6.04 Å². The van der Waals surface area contributed by atoms with Gasteiger partial charge in [0.2, 0.25) is 5.91 Å². The van der Waals surface area contributed by atoms with E-state index in [1.54, 1.807) is 0 Å². The van der Waals surface area contributed by atoms with E-state index in [0.29, 0.717) is 12.6 Å². The number of nitrogens with zero attached hydrogens (tertiary/aromatic N) is 2. The number of aromatic nitrogens is 2. The lowest BCUT2D eigenvalue weighted by Crippen LogP contribution is -2.39. The third kappa shape index (κ3) is 3.67. The van der Waals surface area contributed by atoms with Crippen molar-refractivity contribution in [3.8, 4) is 0 Å². The number of amides is 1. The Kier molecular flexibility index (Phi) is 5.00. The van der Waals surface area contributed by atoms with Crippen molar-refractivity contribution in [3.05, 3.63) is 46.8 Å². The van der Waals surface area contributed by atoms with Gasteiger partial charge in [-0.2, -0.15) is 5.10 Å². The Morgan fingerprint density at radius 1 is 1.25 bits per heavy atom. The Hall–Kier alpha value is -2.14. The molecular formula is C19H26N4O. The molecule has 0 spiro atoms. The predicted molar refractivity (Wildman–Crippen MR) is 96.0 cm³/mol. The second-order valence-corrected chi connectivity index (χ2v) is 6.75. The summed E-state index contributed by atoms with van der Waals surface area (Å²) in [6.45, 7) is 7.31. The molecule has 0 radical (unpaired) electrons. The Morgan fingerprint density at radius 2 is 2.00 bits per heavy atom. The van der Waals surface area contributed by atoms with Crippen molar-refractivity contribution in [3.63, 3.8) is 0 Å². The molecule has 1 aliphatic rings. The summed E-state index contributed by atoms with van der Waals surface area (Å²) in [5.41, 5.74) is 5.11. The minimum atomic E-state index is 0.0293. The number of carbonyl (C=O) groups excluding carboxylic acids is 1. The molecule has 0 aliphatic carbocycles. The fourth-order valence-corrected chi connectivity index (χ4v) is 3.44. The normalized spacial score (nSPS) is 18.5. The van der Waals surface area contributed by atoms with Gasteiger partial charge in [-0.1, -0.05) is 36.2 Å². The summed E-state index contributed by atoms with van der Waals surface area (Å²) < 4.78 is 0. The van der Waals surface area contributed by atoms with Crippen molar-refractivity contribution in [2.24, 2.45) is 0 Å². The molecule has 0 saturated carbocycles. The van der Waals surface area contributed by atoms with Gasteiger partial charge in [-0.15, -0.1) is 0 Å². The largest absolute Gasteiger partial charge is 0.322 e. The minimum absolute atomic E-state index is 0.0293. The number of H-pyrrole nitrogens is 1. The maximum absolute atomic E-state index is 12.5.